The molecular weight excluding hydrogens is 258 g/mol. The first-order valence-electron chi connectivity index (χ1n) is 7.11. The molecule has 2 aliphatic heterocycles. The zero-order valence-corrected chi connectivity index (χ0v) is 12.0. The molecule has 20 heavy (non-hydrogen) atoms. The van der Waals surface area contributed by atoms with Crippen LogP contribution in [0.2, 0.25) is 0 Å². The van der Waals surface area contributed by atoms with Crippen LogP contribution in [0.1, 0.15) is 19.8 Å². The Morgan fingerprint density at radius 2 is 2.30 bits per heavy atom. The van der Waals surface area contributed by atoms with E-state index in [4.69, 9.17) is 14.2 Å². The van der Waals surface area contributed by atoms with Crippen LogP contribution in [-0.2, 0) is 9.47 Å². The molecule has 2 aliphatic rings. The van der Waals surface area contributed by atoms with Crippen LogP contribution < -0.4 is 9.64 Å². The lowest BCUT2D eigenvalue weighted by Gasteiger charge is -2.53. The normalized spacial score (nSPS) is 24.5. The fourth-order valence-corrected chi connectivity index (χ4v) is 3.01. The fraction of sp³-hybridized carbons (Fsp3) is 0.714. The predicted octanol–water partition coefficient (Wildman–Crippen LogP) is 1.26. The number of ether oxygens (including phenoxy) is 3. The van der Waals surface area contributed by atoms with Crippen molar-refractivity contribution in [3.05, 3.63) is 12.4 Å². The molecule has 3 rings (SSSR count). The van der Waals surface area contributed by atoms with Crippen LogP contribution >= 0.6 is 0 Å². The second-order valence-corrected chi connectivity index (χ2v) is 5.38. The van der Waals surface area contributed by atoms with Gasteiger partial charge in [0.25, 0.3) is 0 Å². The van der Waals surface area contributed by atoms with Gasteiger partial charge in [-0.15, -0.1) is 0 Å². The number of aromatic nitrogens is 2. The van der Waals surface area contributed by atoms with E-state index in [2.05, 4.69) is 14.9 Å². The molecule has 2 fully saturated rings. The molecule has 0 aromatic carbocycles. The van der Waals surface area contributed by atoms with E-state index in [1.807, 2.05) is 13.0 Å². The van der Waals surface area contributed by atoms with Gasteiger partial charge in [-0.05, 0) is 13.3 Å². The van der Waals surface area contributed by atoms with Crippen LogP contribution in [-0.4, -0.2) is 55.1 Å². The molecule has 1 unspecified atom stereocenters. The third-order valence-corrected chi connectivity index (χ3v) is 3.97. The summed E-state index contributed by atoms with van der Waals surface area (Å²) in [4.78, 5) is 10.5. The summed E-state index contributed by atoms with van der Waals surface area (Å²) in [5.74, 6) is 1.48. The first kappa shape index (κ1) is 13.6. The van der Waals surface area contributed by atoms with Gasteiger partial charge in [0.2, 0.25) is 5.88 Å². The molecule has 0 N–H and O–H groups in total. The molecule has 0 bridgehead atoms. The molecule has 0 amide bonds. The van der Waals surface area contributed by atoms with Gasteiger partial charge in [-0.1, -0.05) is 0 Å². The van der Waals surface area contributed by atoms with Gasteiger partial charge in [0.15, 0.2) is 0 Å². The van der Waals surface area contributed by atoms with Crippen LogP contribution in [0.4, 0.5) is 5.82 Å². The van der Waals surface area contributed by atoms with Crippen molar-refractivity contribution < 1.29 is 14.2 Å². The van der Waals surface area contributed by atoms with Crippen LogP contribution in [0.25, 0.3) is 0 Å². The maximum Gasteiger partial charge on any atom is 0.218 e. The Labute approximate surface area is 119 Å². The summed E-state index contributed by atoms with van der Waals surface area (Å²) in [5, 5.41) is 0. The van der Waals surface area contributed by atoms with Crippen LogP contribution in [0, 0.1) is 0 Å². The number of hydrogen-bond donors (Lipinski definition) is 0. The molecule has 0 radical (unpaired) electrons. The van der Waals surface area contributed by atoms with Gasteiger partial charge in [-0.25, -0.2) is 9.97 Å². The Hall–Kier alpha value is -1.40. The predicted molar refractivity (Wildman–Crippen MR) is 74.1 cm³/mol. The Morgan fingerprint density at radius 1 is 1.45 bits per heavy atom. The van der Waals surface area contributed by atoms with E-state index in [0.29, 0.717) is 12.0 Å². The highest BCUT2D eigenvalue weighted by atomic mass is 16.5. The minimum Gasteiger partial charge on any atom is -0.481 e. The maximum atomic E-state index is 5.99. The first-order valence-corrected chi connectivity index (χ1v) is 7.11. The molecule has 6 nitrogen and oxygen atoms in total. The standard InChI is InChI=1S/C14H21N3O3/c1-3-19-11-4-5-20-14(7-11)8-17(9-14)12-6-13(18-2)16-10-15-12/h6,10-11H,3-5,7-9H2,1-2H3. The van der Waals surface area contributed by atoms with E-state index in [0.717, 1.165) is 45.0 Å². The van der Waals surface area contributed by atoms with Gasteiger partial charge in [0.05, 0.1) is 26.3 Å². The number of hydrogen-bond acceptors (Lipinski definition) is 6. The van der Waals surface area contributed by atoms with Gasteiger partial charge in [-0.2, -0.15) is 0 Å². The first-order chi connectivity index (χ1) is 9.74. The SMILES string of the molecule is CCOC1CCOC2(C1)CN(c1cc(OC)ncn1)C2. The molecular formula is C14H21N3O3. The zero-order valence-electron chi connectivity index (χ0n) is 12.0. The molecule has 0 saturated carbocycles. The number of nitrogens with zero attached hydrogens (tertiary/aromatic N) is 3. The minimum absolute atomic E-state index is 0.0593. The largest absolute Gasteiger partial charge is 0.481 e. The van der Waals surface area contributed by atoms with E-state index in [1.165, 1.54) is 6.33 Å². The lowest BCUT2D eigenvalue weighted by Crippen LogP contribution is -2.66. The van der Waals surface area contributed by atoms with Gasteiger partial charge < -0.3 is 19.1 Å². The van der Waals surface area contributed by atoms with Crippen molar-refractivity contribution in [3.8, 4) is 5.88 Å². The third-order valence-electron chi connectivity index (χ3n) is 3.97. The summed E-state index contributed by atoms with van der Waals surface area (Å²) >= 11 is 0. The van der Waals surface area contributed by atoms with Crippen molar-refractivity contribution in [1.29, 1.82) is 0 Å². The van der Waals surface area contributed by atoms with Crippen LogP contribution in [0.3, 0.4) is 0 Å². The summed E-state index contributed by atoms with van der Waals surface area (Å²) in [6, 6.07) is 1.86. The molecule has 1 spiro atoms. The lowest BCUT2D eigenvalue weighted by atomic mass is 9.84. The van der Waals surface area contributed by atoms with E-state index >= 15 is 0 Å². The second kappa shape index (κ2) is 5.54. The molecule has 0 aliphatic carbocycles. The Morgan fingerprint density at radius 3 is 3.05 bits per heavy atom. The average Bonchev–Trinajstić information content (AvgIpc) is 2.45. The second-order valence-electron chi connectivity index (χ2n) is 5.38. The quantitative estimate of drug-likeness (QED) is 0.827. The molecule has 2 saturated heterocycles. The molecule has 1 atom stereocenters. The molecule has 6 heteroatoms. The third kappa shape index (κ3) is 2.58. The minimum atomic E-state index is -0.0593. The smallest absolute Gasteiger partial charge is 0.218 e. The highest BCUT2D eigenvalue weighted by Crippen LogP contribution is 2.37. The molecule has 3 heterocycles. The number of anilines is 1. The molecule has 110 valence electrons. The van der Waals surface area contributed by atoms with Crippen molar-refractivity contribution in [1.82, 2.24) is 9.97 Å². The van der Waals surface area contributed by atoms with Gasteiger partial charge in [-0.3, -0.25) is 0 Å². The summed E-state index contributed by atoms with van der Waals surface area (Å²) < 4.78 is 16.9. The van der Waals surface area contributed by atoms with Crippen molar-refractivity contribution >= 4 is 5.82 Å². The maximum absolute atomic E-state index is 5.99. The lowest BCUT2D eigenvalue weighted by molar-refractivity contribution is -0.144. The Bertz CT molecular complexity index is 461. The Balaban J connectivity index is 1.62. The fourth-order valence-electron chi connectivity index (χ4n) is 3.01. The van der Waals surface area contributed by atoms with Crippen molar-refractivity contribution in [2.45, 2.75) is 31.5 Å². The monoisotopic (exact) mass is 279 g/mol. The van der Waals surface area contributed by atoms with Crippen molar-refractivity contribution in [2.24, 2.45) is 0 Å². The number of rotatable bonds is 4. The summed E-state index contributed by atoms with van der Waals surface area (Å²) in [6.45, 7) is 5.31. The van der Waals surface area contributed by atoms with Crippen LogP contribution in [0.5, 0.6) is 5.88 Å². The van der Waals surface area contributed by atoms with Gasteiger partial charge in [0, 0.05) is 25.7 Å². The topological polar surface area (TPSA) is 56.7 Å². The number of methoxy groups -OCH3 is 1. The summed E-state index contributed by atoms with van der Waals surface area (Å²) in [6.07, 6.45) is 3.83. The average molecular weight is 279 g/mol. The van der Waals surface area contributed by atoms with Gasteiger partial charge >= 0.3 is 0 Å². The summed E-state index contributed by atoms with van der Waals surface area (Å²) in [7, 11) is 1.61. The summed E-state index contributed by atoms with van der Waals surface area (Å²) in [5.41, 5.74) is -0.0593. The highest BCUT2D eigenvalue weighted by molar-refractivity contribution is 5.45. The Kier molecular flexibility index (Phi) is 3.76. The van der Waals surface area contributed by atoms with Crippen molar-refractivity contribution in [3.63, 3.8) is 0 Å². The van der Waals surface area contributed by atoms with Crippen molar-refractivity contribution in [2.75, 3.05) is 38.3 Å². The zero-order chi connectivity index (χ0) is 14.0. The van der Waals surface area contributed by atoms with E-state index in [-0.39, 0.29) is 5.60 Å². The molecule has 1 aromatic heterocycles. The highest BCUT2D eigenvalue weighted by Gasteiger charge is 2.48. The van der Waals surface area contributed by atoms with Crippen LogP contribution in [0.15, 0.2) is 12.4 Å². The van der Waals surface area contributed by atoms with E-state index in [9.17, 15) is 0 Å². The van der Waals surface area contributed by atoms with E-state index in [1.54, 1.807) is 7.11 Å². The molecule has 1 aromatic rings. The van der Waals surface area contributed by atoms with E-state index < -0.39 is 0 Å². The van der Waals surface area contributed by atoms with Gasteiger partial charge in [0.1, 0.15) is 17.7 Å².